The van der Waals surface area contributed by atoms with Gasteiger partial charge in [0.15, 0.2) is 0 Å². The van der Waals surface area contributed by atoms with Gasteiger partial charge in [0.25, 0.3) is 0 Å². The Hall–Kier alpha value is -0.170. The number of nitrogens with zero attached hydrogens (tertiary/aromatic N) is 2. The summed E-state index contributed by atoms with van der Waals surface area (Å²) in [4.78, 5) is 1.99. The van der Waals surface area contributed by atoms with Crippen molar-refractivity contribution in [3.05, 3.63) is 0 Å². The monoisotopic (exact) mass is 251 g/mol. The van der Waals surface area contributed by atoms with E-state index in [0.29, 0.717) is 26.1 Å². The fourth-order valence-corrected chi connectivity index (χ4v) is 2.96. The molecule has 0 aliphatic heterocycles. The van der Waals surface area contributed by atoms with E-state index in [9.17, 15) is 8.42 Å². The minimum Gasteiger partial charge on any atom is -0.330 e. The van der Waals surface area contributed by atoms with Crippen LogP contribution >= 0.6 is 0 Å². The second kappa shape index (κ2) is 8.00. The number of nitrogens with two attached hydrogens (primary N) is 1. The van der Waals surface area contributed by atoms with Crippen molar-refractivity contribution >= 4 is 10.0 Å². The van der Waals surface area contributed by atoms with Gasteiger partial charge in [-0.1, -0.05) is 6.92 Å². The van der Waals surface area contributed by atoms with E-state index < -0.39 is 10.0 Å². The third kappa shape index (κ3) is 6.42. The topological polar surface area (TPSA) is 66.6 Å². The molecule has 0 bridgehead atoms. The zero-order valence-electron chi connectivity index (χ0n) is 10.6. The third-order valence-electron chi connectivity index (χ3n) is 2.27. The Labute approximate surface area is 99.6 Å². The molecule has 0 radical (unpaired) electrons. The quantitative estimate of drug-likeness (QED) is 0.623. The van der Waals surface area contributed by atoms with Gasteiger partial charge in [-0.2, -0.15) is 0 Å². The van der Waals surface area contributed by atoms with Crippen molar-refractivity contribution in [3.63, 3.8) is 0 Å². The van der Waals surface area contributed by atoms with Crippen LogP contribution in [0.25, 0.3) is 0 Å². The lowest BCUT2D eigenvalue weighted by molar-refractivity contribution is 0.333. The molecule has 0 spiro atoms. The molecule has 0 amide bonds. The molecular formula is C10H25N3O2S. The second-order valence-corrected chi connectivity index (χ2v) is 6.25. The van der Waals surface area contributed by atoms with Crippen LogP contribution in [0.2, 0.25) is 0 Å². The maximum absolute atomic E-state index is 11.9. The van der Waals surface area contributed by atoms with E-state index in [0.717, 1.165) is 13.0 Å². The van der Waals surface area contributed by atoms with Crippen LogP contribution in [0.15, 0.2) is 0 Å². The Kier molecular flexibility index (Phi) is 7.91. The summed E-state index contributed by atoms with van der Waals surface area (Å²) in [6, 6.07) is 0. The summed E-state index contributed by atoms with van der Waals surface area (Å²) in [5.74, 6) is 0.164. The predicted molar refractivity (Wildman–Crippen MR) is 67.9 cm³/mol. The first kappa shape index (κ1) is 15.8. The first-order valence-electron chi connectivity index (χ1n) is 5.76. The molecule has 0 aromatic carbocycles. The third-order valence-corrected chi connectivity index (χ3v) is 4.23. The zero-order chi connectivity index (χ0) is 12.6. The van der Waals surface area contributed by atoms with E-state index in [1.807, 2.05) is 25.9 Å². The van der Waals surface area contributed by atoms with Crippen LogP contribution < -0.4 is 5.73 Å². The lowest BCUT2D eigenvalue weighted by Crippen LogP contribution is -2.38. The lowest BCUT2D eigenvalue weighted by atomic mass is 10.4. The number of rotatable bonds is 9. The van der Waals surface area contributed by atoms with Crippen LogP contribution in [-0.2, 0) is 10.0 Å². The van der Waals surface area contributed by atoms with Crippen molar-refractivity contribution in [1.82, 2.24) is 9.21 Å². The first-order chi connectivity index (χ1) is 7.44. The summed E-state index contributed by atoms with van der Waals surface area (Å²) in [5.41, 5.74) is 5.34. The summed E-state index contributed by atoms with van der Waals surface area (Å²) in [6.07, 6.45) is 1.37. The average molecular weight is 251 g/mol. The Bertz CT molecular complexity index is 265. The fourth-order valence-electron chi connectivity index (χ4n) is 1.35. The Balaban J connectivity index is 4.37. The molecular weight excluding hydrogens is 226 g/mol. The van der Waals surface area contributed by atoms with Crippen molar-refractivity contribution < 1.29 is 8.42 Å². The highest BCUT2D eigenvalue weighted by Gasteiger charge is 2.20. The molecule has 0 aliphatic carbocycles. The van der Waals surface area contributed by atoms with Crippen LogP contribution in [0.3, 0.4) is 0 Å². The van der Waals surface area contributed by atoms with E-state index in [1.54, 1.807) is 4.31 Å². The highest BCUT2D eigenvalue weighted by atomic mass is 32.2. The summed E-state index contributed by atoms with van der Waals surface area (Å²) < 4.78 is 25.5. The van der Waals surface area contributed by atoms with Gasteiger partial charge in [0.2, 0.25) is 10.0 Å². The highest BCUT2D eigenvalue weighted by Crippen LogP contribution is 2.04. The molecule has 0 saturated heterocycles. The molecule has 2 N–H and O–H groups in total. The smallest absolute Gasteiger partial charge is 0.214 e. The standard InChI is InChI=1S/C10H25N3O2S/c1-4-7-13(9-8-12(2)3)16(14,15)10-5-6-11/h4-11H2,1-3H3. The molecule has 0 heterocycles. The summed E-state index contributed by atoms with van der Waals surface area (Å²) >= 11 is 0. The molecule has 5 nitrogen and oxygen atoms in total. The van der Waals surface area contributed by atoms with Crippen LogP contribution in [0.4, 0.5) is 0 Å². The molecule has 0 aromatic heterocycles. The van der Waals surface area contributed by atoms with Crippen molar-refractivity contribution in [2.75, 3.05) is 46.0 Å². The van der Waals surface area contributed by atoms with Gasteiger partial charge in [-0.15, -0.1) is 0 Å². The molecule has 6 heteroatoms. The van der Waals surface area contributed by atoms with E-state index in [1.165, 1.54) is 0 Å². The molecule has 0 aromatic rings. The van der Waals surface area contributed by atoms with Crippen LogP contribution in [-0.4, -0.2) is 63.7 Å². The Morgan fingerprint density at radius 2 is 1.75 bits per heavy atom. The maximum atomic E-state index is 11.9. The van der Waals surface area contributed by atoms with Gasteiger partial charge in [-0.05, 0) is 33.5 Å². The van der Waals surface area contributed by atoms with E-state index in [-0.39, 0.29) is 5.75 Å². The number of hydrogen-bond donors (Lipinski definition) is 1. The molecule has 16 heavy (non-hydrogen) atoms. The predicted octanol–water partition coefficient (Wildman–Crippen LogP) is -0.0614. The van der Waals surface area contributed by atoms with Crippen LogP contribution in [0, 0.1) is 0 Å². The molecule has 0 rings (SSSR count). The number of hydrogen-bond acceptors (Lipinski definition) is 4. The van der Waals surface area contributed by atoms with Crippen molar-refractivity contribution in [3.8, 4) is 0 Å². The van der Waals surface area contributed by atoms with Crippen LogP contribution in [0.1, 0.15) is 19.8 Å². The Morgan fingerprint density at radius 3 is 2.19 bits per heavy atom. The van der Waals surface area contributed by atoms with Crippen molar-refractivity contribution in [2.45, 2.75) is 19.8 Å². The van der Waals surface area contributed by atoms with Gasteiger partial charge in [0.05, 0.1) is 5.75 Å². The number of sulfonamides is 1. The zero-order valence-corrected chi connectivity index (χ0v) is 11.5. The Morgan fingerprint density at radius 1 is 1.12 bits per heavy atom. The molecule has 0 unspecified atom stereocenters. The molecule has 0 aliphatic rings. The molecule has 98 valence electrons. The largest absolute Gasteiger partial charge is 0.330 e. The van der Waals surface area contributed by atoms with Crippen molar-refractivity contribution in [1.29, 1.82) is 0 Å². The van der Waals surface area contributed by atoms with Crippen LogP contribution in [0.5, 0.6) is 0 Å². The lowest BCUT2D eigenvalue weighted by Gasteiger charge is -2.23. The number of likely N-dealkylation sites (N-methyl/N-ethyl adjacent to an activating group) is 1. The second-order valence-electron chi connectivity index (χ2n) is 4.16. The maximum Gasteiger partial charge on any atom is 0.214 e. The molecule has 0 saturated carbocycles. The van der Waals surface area contributed by atoms with Gasteiger partial charge in [-0.25, -0.2) is 12.7 Å². The first-order valence-corrected chi connectivity index (χ1v) is 7.37. The van der Waals surface area contributed by atoms with E-state index in [4.69, 9.17) is 5.73 Å². The normalized spacial score (nSPS) is 12.6. The van der Waals surface area contributed by atoms with Gasteiger partial charge < -0.3 is 10.6 Å². The highest BCUT2D eigenvalue weighted by molar-refractivity contribution is 7.89. The minimum absolute atomic E-state index is 0.164. The van der Waals surface area contributed by atoms with Gasteiger partial charge >= 0.3 is 0 Å². The van der Waals surface area contributed by atoms with Gasteiger partial charge in [0.1, 0.15) is 0 Å². The average Bonchev–Trinajstić information content (AvgIpc) is 2.20. The van der Waals surface area contributed by atoms with Gasteiger partial charge in [0, 0.05) is 19.6 Å². The summed E-state index contributed by atoms with van der Waals surface area (Å²) in [5, 5.41) is 0. The van der Waals surface area contributed by atoms with Gasteiger partial charge in [-0.3, -0.25) is 0 Å². The van der Waals surface area contributed by atoms with E-state index in [2.05, 4.69) is 0 Å². The summed E-state index contributed by atoms with van der Waals surface area (Å²) in [6.45, 7) is 4.32. The minimum atomic E-state index is -3.12. The SMILES string of the molecule is CCCN(CCN(C)C)S(=O)(=O)CCCN. The fraction of sp³-hybridized carbons (Fsp3) is 1.00. The van der Waals surface area contributed by atoms with E-state index >= 15 is 0 Å². The molecule has 0 fully saturated rings. The summed E-state index contributed by atoms with van der Waals surface area (Å²) in [7, 11) is 0.767. The van der Waals surface area contributed by atoms with Crippen molar-refractivity contribution in [2.24, 2.45) is 5.73 Å². The molecule has 0 atom stereocenters.